The van der Waals surface area contributed by atoms with E-state index in [1.54, 1.807) is 32.5 Å². The van der Waals surface area contributed by atoms with Crippen molar-refractivity contribution in [3.8, 4) is 5.75 Å². The second-order valence-corrected chi connectivity index (χ2v) is 10.9. The molecule has 182 valence electrons. The molecular weight excluding hydrogens is 527 g/mol. The third-order valence-electron chi connectivity index (χ3n) is 5.36. The van der Waals surface area contributed by atoms with Crippen LogP contribution in [-0.4, -0.2) is 28.0 Å². The lowest BCUT2D eigenvalue weighted by Crippen LogP contribution is -2.40. The van der Waals surface area contributed by atoms with Crippen LogP contribution in [0.2, 0.25) is 10.0 Å². The normalized spacial score (nSPS) is 15.9. The molecule has 1 N–H and O–H groups in total. The number of aromatic nitrogens is 1. The van der Waals surface area contributed by atoms with Gasteiger partial charge < -0.3 is 9.84 Å². The minimum atomic E-state index is -0.716. The van der Waals surface area contributed by atoms with Gasteiger partial charge in [-0.2, -0.15) is 0 Å². The zero-order chi connectivity index (χ0) is 25.4. The molecule has 0 saturated heterocycles. The number of ether oxygens (including phenoxy) is 1. The highest BCUT2D eigenvalue weighted by atomic mass is 35.5. The first-order chi connectivity index (χ1) is 16.6. The van der Waals surface area contributed by atoms with Crippen molar-refractivity contribution in [1.82, 2.24) is 4.57 Å². The fourth-order valence-corrected chi connectivity index (χ4v) is 5.75. The van der Waals surface area contributed by atoms with Crippen molar-refractivity contribution < 1.29 is 14.6 Å². The summed E-state index contributed by atoms with van der Waals surface area (Å²) in [5.74, 6) is -0.697. The van der Waals surface area contributed by atoms with Crippen LogP contribution in [0.15, 0.2) is 62.4 Å². The van der Waals surface area contributed by atoms with Crippen LogP contribution in [0.4, 0.5) is 0 Å². The van der Waals surface area contributed by atoms with Crippen LogP contribution in [0.5, 0.6) is 5.75 Å². The Labute approximate surface area is 220 Å². The number of fused-ring (bicyclic) bond motifs is 1. The molecule has 1 aliphatic rings. The Hall–Kier alpha value is -2.52. The molecule has 0 amide bonds. The van der Waals surface area contributed by atoms with Crippen LogP contribution in [0, 0.1) is 0 Å². The second-order valence-electron chi connectivity index (χ2n) is 8.13. The number of carbonyl (C=O) groups is 1. The maximum atomic E-state index is 13.7. The Morgan fingerprint density at radius 1 is 1.26 bits per heavy atom. The molecule has 10 heteroatoms. The molecule has 0 unspecified atom stereocenters. The molecule has 35 heavy (non-hydrogen) atoms. The van der Waals surface area contributed by atoms with Crippen molar-refractivity contribution in [2.75, 3.05) is 6.26 Å². The predicted octanol–water partition coefficient (Wildman–Crippen LogP) is 4.92. The lowest BCUT2D eigenvalue weighted by atomic mass is 9.96. The molecule has 6 nitrogen and oxygen atoms in total. The lowest BCUT2D eigenvalue weighted by Gasteiger charge is -2.25. The fraction of sp³-hybridized carbons (Fsp3) is 0.240. The van der Waals surface area contributed by atoms with E-state index in [2.05, 4.69) is 4.99 Å². The van der Waals surface area contributed by atoms with Crippen molar-refractivity contribution in [3.05, 3.63) is 88.5 Å². The first-order valence-electron chi connectivity index (χ1n) is 10.7. The number of benzene rings is 2. The molecule has 3 aromatic rings. The summed E-state index contributed by atoms with van der Waals surface area (Å²) < 4.78 is 7.33. The summed E-state index contributed by atoms with van der Waals surface area (Å²) in [5, 5.41) is 10.8. The number of nitrogens with zero attached hydrogens (tertiary/aromatic N) is 2. The quantitative estimate of drug-likeness (QED) is 0.361. The maximum absolute atomic E-state index is 13.7. The van der Waals surface area contributed by atoms with Gasteiger partial charge in [0, 0.05) is 15.5 Å². The number of thiazole rings is 1. The maximum Gasteiger partial charge on any atom is 0.338 e. The molecule has 0 radical (unpaired) electrons. The van der Waals surface area contributed by atoms with E-state index in [0.717, 1.165) is 21.8 Å². The number of halogens is 2. The van der Waals surface area contributed by atoms with Crippen molar-refractivity contribution >= 4 is 58.3 Å². The van der Waals surface area contributed by atoms with E-state index >= 15 is 0 Å². The summed E-state index contributed by atoms with van der Waals surface area (Å²) in [5.41, 5.74) is 1.50. The van der Waals surface area contributed by atoms with Gasteiger partial charge in [-0.3, -0.25) is 9.36 Å². The Morgan fingerprint density at radius 2 is 1.94 bits per heavy atom. The largest absolute Gasteiger partial charge is 0.506 e. The van der Waals surface area contributed by atoms with E-state index in [-0.39, 0.29) is 22.4 Å². The molecule has 0 fully saturated rings. The average Bonchev–Trinajstić information content (AvgIpc) is 3.10. The van der Waals surface area contributed by atoms with Crippen molar-refractivity contribution in [3.63, 3.8) is 0 Å². The van der Waals surface area contributed by atoms with E-state index in [4.69, 9.17) is 27.9 Å². The van der Waals surface area contributed by atoms with Gasteiger partial charge in [0.05, 0.1) is 33.0 Å². The number of phenolic OH excluding ortho intramolecular Hbond substituents is 1. The minimum absolute atomic E-state index is 0.0813. The number of phenols is 1. The molecule has 4 rings (SSSR count). The summed E-state index contributed by atoms with van der Waals surface area (Å²) in [6, 6.07) is 9.93. The van der Waals surface area contributed by atoms with Gasteiger partial charge in [-0.15, -0.1) is 11.8 Å². The van der Waals surface area contributed by atoms with Crippen LogP contribution < -0.4 is 14.9 Å². The number of allylic oxidation sites excluding steroid dienone is 1. The second kappa shape index (κ2) is 10.2. The smallest absolute Gasteiger partial charge is 0.338 e. The summed E-state index contributed by atoms with van der Waals surface area (Å²) in [4.78, 5) is 32.9. The van der Waals surface area contributed by atoms with Gasteiger partial charge in [0.2, 0.25) is 0 Å². The highest BCUT2D eigenvalue weighted by Crippen LogP contribution is 2.33. The molecular formula is C25H22Cl2N2O4S2. The fourth-order valence-electron chi connectivity index (χ4n) is 3.80. The third kappa shape index (κ3) is 5.07. The van der Waals surface area contributed by atoms with Crippen molar-refractivity contribution in [2.24, 2.45) is 4.99 Å². The topological polar surface area (TPSA) is 80.9 Å². The summed E-state index contributed by atoms with van der Waals surface area (Å²) in [6.45, 7) is 5.28. The summed E-state index contributed by atoms with van der Waals surface area (Å²) in [6.07, 6.45) is 3.17. The van der Waals surface area contributed by atoms with Gasteiger partial charge in [0.15, 0.2) is 4.80 Å². The van der Waals surface area contributed by atoms with Gasteiger partial charge >= 0.3 is 5.97 Å². The Bertz CT molecular complexity index is 1520. The van der Waals surface area contributed by atoms with Gasteiger partial charge in [-0.05, 0) is 62.9 Å². The number of esters is 1. The number of hydrogen-bond acceptors (Lipinski definition) is 7. The SMILES string of the molecule is CSc1ccc([C@@H]2C(C(=O)OC(C)C)=C(C)N=c3s/c(=C\c4cc(Cl)cc(Cl)c4O)c(=O)n32)cc1. The number of thioether (sulfide) groups is 1. The van der Waals surface area contributed by atoms with Crippen LogP contribution in [0.1, 0.15) is 37.9 Å². The monoisotopic (exact) mass is 548 g/mol. The molecule has 0 bridgehead atoms. The molecule has 0 aliphatic carbocycles. The van der Waals surface area contributed by atoms with E-state index in [1.807, 2.05) is 30.5 Å². The molecule has 1 atom stereocenters. The molecule has 0 spiro atoms. The highest BCUT2D eigenvalue weighted by molar-refractivity contribution is 7.98. The van der Waals surface area contributed by atoms with E-state index in [1.165, 1.54) is 22.8 Å². The minimum Gasteiger partial charge on any atom is -0.506 e. The number of carbonyl (C=O) groups excluding carboxylic acids is 1. The summed E-state index contributed by atoms with van der Waals surface area (Å²) >= 11 is 14.9. The number of aromatic hydroxyl groups is 1. The van der Waals surface area contributed by atoms with E-state index in [9.17, 15) is 14.7 Å². The molecule has 1 aromatic heterocycles. The Balaban J connectivity index is 1.96. The highest BCUT2D eigenvalue weighted by Gasteiger charge is 2.33. The standard InChI is InChI=1S/C25H22Cl2N2O4S2/c1-12(2)33-24(32)20-13(3)28-25-29(21(20)14-5-7-17(34-4)8-6-14)23(31)19(35-25)10-15-9-16(26)11-18(27)22(15)30/h5-12,21,30H,1-4H3/b19-10-/t21-/m1/s1. The summed E-state index contributed by atoms with van der Waals surface area (Å²) in [7, 11) is 0. The van der Waals surface area contributed by atoms with Gasteiger partial charge in [0.1, 0.15) is 5.75 Å². The van der Waals surface area contributed by atoms with E-state index in [0.29, 0.717) is 31.2 Å². The predicted molar refractivity (Wildman–Crippen MR) is 141 cm³/mol. The average molecular weight is 550 g/mol. The van der Waals surface area contributed by atoms with Crippen LogP contribution >= 0.6 is 46.3 Å². The number of rotatable bonds is 5. The van der Waals surface area contributed by atoms with Gasteiger partial charge in [0.25, 0.3) is 5.56 Å². The van der Waals surface area contributed by atoms with Crippen LogP contribution in [0.3, 0.4) is 0 Å². The van der Waals surface area contributed by atoms with Crippen LogP contribution in [-0.2, 0) is 9.53 Å². The first kappa shape index (κ1) is 25.6. The van der Waals surface area contributed by atoms with E-state index < -0.39 is 12.0 Å². The first-order valence-corrected chi connectivity index (χ1v) is 13.5. The van der Waals surface area contributed by atoms with Gasteiger partial charge in [-0.25, -0.2) is 9.79 Å². The Kier molecular flexibility index (Phi) is 7.47. The van der Waals surface area contributed by atoms with Crippen molar-refractivity contribution in [1.29, 1.82) is 0 Å². The molecule has 1 aliphatic heterocycles. The van der Waals surface area contributed by atoms with Crippen molar-refractivity contribution in [2.45, 2.75) is 37.8 Å². The zero-order valence-electron chi connectivity index (χ0n) is 19.3. The molecule has 2 heterocycles. The molecule has 2 aromatic carbocycles. The number of hydrogen-bond donors (Lipinski definition) is 1. The Morgan fingerprint density at radius 3 is 2.57 bits per heavy atom. The van der Waals surface area contributed by atoms with Gasteiger partial charge in [-0.1, -0.05) is 46.7 Å². The van der Waals surface area contributed by atoms with Crippen LogP contribution in [0.25, 0.3) is 6.08 Å². The molecule has 0 saturated carbocycles. The lowest BCUT2D eigenvalue weighted by molar-refractivity contribution is -0.143. The third-order valence-corrected chi connectivity index (χ3v) is 7.59. The zero-order valence-corrected chi connectivity index (χ0v) is 22.5.